The minimum atomic E-state index is -0.661. The minimum absolute atomic E-state index is 0.0711. The number of carbonyl (C=O) groups is 3. The van der Waals surface area contributed by atoms with Crippen molar-refractivity contribution in [1.82, 2.24) is 23.6 Å². The van der Waals surface area contributed by atoms with E-state index in [4.69, 9.17) is 5.73 Å². The molecule has 0 aromatic carbocycles. The highest BCUT2D eigenvalue weighted by molar-refractivity contribution is 7.17. The molecule has 13 heteroatoms. The lowest BCUT2D eigenvalue weighted by molar-refractivity contribution is -0.129. The molecule has 1 aliphatic heterocycles. The number of imidazole rings is 1. The molecule has 3 aromatic rings. The van der Waals surface area contributed by atoms with Crippen molar-refractivity contribution in [3.63, 3.8) is 0 Å². The lowest BCUT2D eigenvalue weighted by atomic mass is 10.0. The van der Waals surface area contributed by atoms with Gasteiger partial charge in [0.15, 0.2) is 11.2 Å². The third-order valence-electron chi connectivity index (χ3n) is 5.53. The summed E-state index contributed by atoms with van der Waals surface area (Å²) in [6.45, 7) is 2.04. The van der Waals surface area contributed by atoms with Crippen LogP contribution in [0.4, 0.5) is 5.00 Å². The fraction of sp³-hybridized carbons (Fsp3) is 0.368. The van der Waals surface area contributed by atoms with Gasteiger partial charge in [0.1, 0.15) is 11.5 Å². The second-order valence-corrected chi connectivity index (χ2v) is 8.67. The van der Waals surface area contributed by atoms with Crippen molar-refractivity contribution in [2.75, 3.05) is 11.9 Å². The zero-order valence-corrected chi connectivity index (χ0v) is 18.5. The second kappa shape index (κ2) is 7.75. The van der Waals surface area contributed by atoms with Crippen molar-refractivity contribution in [2.45, 2.75) is 26.4 Å². The molecule has 0 saturated heterocycles. The van der Waals surface area contributed by atoms with Crippen molar-refractivity contribution < 1.29 is 14.4 Å². The van der Waals surface area contributed by atoms with Gasteiger partial charge < -0.3 is 20.5 Å². The maximum atomic E-state index is 12.8. The first-order valence-corrected chi connectivity index (χ1v) is 10.5. The van der Waals surface area contributed by atoms with Crippen molar-refractivity contribution >= 4 is 45.2 Å². The van der Waals surface area contributed by atoms with Crippen LogP contribution in [0.15, 0.2) is 15.9 Å². The van der Waals surface area contributed by atoms with Crippen LogP contribution in [0.3, 0.4) is 0 Å². The van der Waals surface area contributed by atoms with Gasteiger partial charge in [-0.05, 0) is 12.0 Å². The van der Waals surface area contributed by atoms with Crippen molar-refractivity contribution in [2.24, 2.45) is 19.8 Å². The topological polar surface area (TPSA) is 154 Å². The first-order chi connectivity index (χ1) is 15.1. The van der Waals surface area contributed by atoms with Crippen LogP contribution in [0.1, 0.15) is 27.7 Å². The summed E-state index contributed by atoms with van der Waals surface area (Å²) < 4.78 is 3.52. The van der Waals surface area contributed by atoms with Crippen LogP contribution in [0, 0.1) is 0 Å². The van der Waals surface area contributed by atoms with Gasteiger partial charge >= 0.3 is 5.69 Å². The zero-order valence-electron chi connectivity index (χ0n) is 17.7. The molecule has 4 rings (SSSR count). The lowest BCUT2D eigenvalue weighted by Crippen LogP contribution is -2.37. The van der Waals surface area contributed by atoms with Gasteiger partial charge in [-0.2, -0.15) is 0 Å². The Morgan fingerprint density at radius 2 is 1.94 bits per heavy atom. The highest BCUT2D eigenvalue weighted by Crippen LogP contribution is 2.37. The molecular weight excluding hydrogens is 438 g/mol. The highest BCUT2D eigenvalue weighted by atomic mass is 32.1. The van der Waals surface area contributed by atoms with Gasteiger partial charge in [0.05, 0.1) is 18.4 Å². The average molecular weight is 459 g/mol. The van der Waals surface area contributed by atoms with Gasteiger partial charge in [0.2, 0.25) is 11.8 Å². The number of aryl methyl sites for hydroxylation is 1. The van der Waals surface area contributed by atoms with Gasteiger partial charge in [0, 0.05) is 32.4 Å². The maximum absolute atomic E-state index is 12.8. The van der Waals surface area contributed by atoms with E-state index >= 15 is 0 Å². The number of fused-ring (bicyclic) bond motifs is 2. The summed E-state index contributed by atoms with van der Waals surface area (Å²) in [7, 11) is 2.84. The Kier molecular flexibility index (Phi) is 5.20. The zero-order chi connectivity index (χ0) is 23.3. The van der Waals surface area contributed by atoms with Crippen LogP contribution in [0.5, 0.6) is 0 Å². The van der Waals surface area contributed by atoms with E-state index in [1.54, 1.807) is 4.90 Å². The molecule has 0 atom stereocenters. The Hall–Kier alpha value is -3.74. The van der Waals surface area contributed by atoms with Gasteiger partial charge in [-0.3, -0.25) is 28.3 Å². The van der Waals surface area contributed by atoms with E-state index in [1.807, 2.05) is 0 Å². The Balaban J connectivity index is 1.65. The fourth-order valence-corrected chi connectivity index (χ4v) is 5.14. The number of primary amides is 1. The van der Waals surface area contributed by atoms with Gasteiger partial charge in [-0.1, -0.05) is 0 Å². The number of hydrogen-bond acceptors (Lipinski definition) is 7. The highest BCUT2D eigenvalue weighted by Gasteiger charge is 2.28. The van der Waals surface area contributed by atoms with Crippen LogP contribution >= 0.6 is 11.3 Å². The number of carbonyl (C=O) groups excluding carboxylic acids is 3. The Bertz CT molecular complexity index is 1410. The molecule has 12 nitrogen and oxygen atoms in total. The standard InChI is InChI=1S/C19H21N7O5S/c1-9(27)25-5-4-10-11(6-25)32-17(13(10)15(20)29)22-12(28)7-26-8-21-16-14(26)18(30)24(3)19(31)23(16)2/h8H,4-7H2,1-3H3,(H2,20,29)(H,22,28). The van der Waals surface area contributed by atoms with E-state index < -0.39 is 23.1 Å². The number of thiophene rings is 1. The first-order valence-electron chi connectivity index (χ1n) is 9.70. The van der Waals surface area contributed by atoms with E-state index in [0.29, 0.717) is 24.5 Å². The Labute approximate surface area is 184 Å². The van der Waals surface area contributed by atoms with Gasteiger partial charge in [-0.15, -0.1) is 11.3 Å². The van der Waals surface area contributed by atoms with Gasteiger partial charge in [0.25, 0.3) is 11.5 Å². The van der Waals surface area contributed by atoms with Crippen molar-refractivity contribution in [3.05, 3.63) is 43.2 Å². The van der Waals surface area contributed by atoms with Crippen LogP contribution in [0.25, 0.3) is 11.2 Å². The second-order valence-electron chi connectivity index (χ2n) is 7.56. The first kappa shape index (κ1) is 21.5. The number of nitrogens with zero attached hydrogens (tertiary/aromatic N) is 5. The number of anilines is 1. The fourth-order valence-electron chi connectivity index (χ4n) is 3.86. The molecule has 0 aliphatic carbocycles. The molecule has 0 bridgehead atoms. The largest absolute Gasteiger partial charge is 0.365 e. The third-order valence-corrected chi connectivity index (χ3v) is 6.66. The van der Waals surface area contributed by atoms with Crippen molar-refractivity contribution in [3.8, 4) is 0 Å². The summed E-state index contributed by atoms with van der Waals surface area (Å²) in [5.74, 6) is -1.23. The third kappa shape index (κ3) is 3.39. The van der Waals surface area contributed by atoms with Crippen molar-refractivity contribution in [1.29, 1.82) is 0 Å². The lowest BCUT2D eigenvalue weighted by Gasteiger charge is -2.25. The predicted octanol–water partition coefficient (Wildman–Crippen LogP) is -0.863. The monoisotopic (exact) mass is 459 g/mol. The van der Waals surface area contributed by atoms with Crippen LogP contribution in [0.2, 0.25) is 0 Å². The van der Waals surface area contributed by atoms with E-state index in [1.165, 1.54) is 47.8 Å². The molecule has 3 N–H and O–H groups in total. The molecule has 3 aromatic heterocycles. The molecule has 4 heterocycles. The summed E-state index contributed by atoms with van der Waals surface area (Å²) in [6, 6.07) is 0. The molecule has 168 valence electrons. The molecule has 0 saturated carbocycles. The van der Waals surface area contributed by atoms with Gasteiger partial charge in [-0.25, -0.2) is 9.78 Å². The van der Waals surface area contributed by atoms with E-state index in [9.17, 15) is 24.0 Å². The summed E-state index contributed by atoms with van der Waals surface area (Å²) in [6.07, 6.45) is 1.78. The molecule has 0 unspecified atom stereocenters. The van der Waals surface area contributed by atoms with Crippen LogP contribution in [-0.2, 0) is 43.2 Å². The van der Waals surface area contributed by atoms with Crippen LogP contribution in [-0.4, -0.2) is 47.9 Å². The summed E-state index contributed by atoms with van der Waals surface area (Å²) in [4.78, 5) is 67.8. The molecule has 0 radical (unpaired) electrons. The van der Waals surface area contributed by atoms with Crippen LogP contribution < -0.4 is 22.3 Å². The van der Waals surface area contributed by atoms with E-state index in [2.05, 4.69) is 10.3 Å². The number of aromatic nitrogens is 4. The van der Waals surface area contributed by atoms with E-state index in [-0.39, 0.29) is 29.2 Å². The SMILES string of the molecule is CC(=O)N1CCc2c(sc(NC(=O)Cn3cnc4c3c(=O)n(C)c(=O)n4C)c2C(N)=O)C1. The number of amides is 3. The number of nitrogens with two attached hydrogens (primary N) is 1. The Morgan fingerprint density at radius 1 is 1.22 bits per heavy atom. The summed E-state index contributed by atoms with van der Waals surface area (Å²) in [5, 5.41) is 3.01. The number of nitrogens with one attached hydrogen (secondary N) is 1. The number of hydrogen-bond donors (Lipinski definition) is 2. The summed E-state index contributed by atoms with van der Waals surface area (Å²) in [5.41, 5.74) is 5.75. The minimum Gasteiger partial charge on any atom is -0.365 e. The molecule has 3 amide bonds. The predicted molar refractivity (Wildman–Crippen MR) is 116 cm³/mol. The molecular formula is C19H21N7O5S. The average Bonchev–Trinajstić information content (AvgIpc) is 3.30. The molecule has 1 aliphatic rings. The normalized spacial score (nSPS) is 13.3. The Morgan fingerprint density at radius 3 is 2.59 bits per heavy atom. The quantitative estimate of drug-likeness (QED) is 0.517. The smallest absolute Gasteiger partial charge is 0.332 e. The molecule has 0 fully saturated rings. The number of rotatable bonds is 4. The summed E-state index contributed by atoms with van der Waals surface area (Å²) >= 11 is 1.20. The molecule has 0 spiro atoms. The van der Waals surface area contributed by atoms with E-state index in [0.717, 1.165) is 15.0 Å². The molecule has 32 heavy (non-hydrogen) atoms. The maximum Gasteiger partial charge on any atom is 0.332 e.